The highest BCUT2D eigenvalue weighted by Crippen LogP contribution is 2.40. The fourth-order valence-corrected chi connectivity index (χ4v) is 6.17. The maximum absolute atomic E-state index is 13.6. The summed E-state index contributed by atoms with van der Waals surface area (Å²) in [7, 11) is -3.91. The molecule has 2 heterocycles. The molecule has 9 nitrogen and oxygen atoms in total. The molecule has 33 heavy (non-hydrogen) atoms. The molecule has 0 saturated carbocycles. The Morgan fingerprint density at radius 1 is 1.12 bits per heavy atom. The maximum Gasteiger partial charge on any atom is 0.244 e. The number of piperidine rings is 1. The van der Waals surface area contributed by atoms with Crippen LogP contribution < -0.4 is 19.7 Å². The summed E-state index contributed by atoms with van der Waals surface area (Å²) in [6, 6.07) is 11.2. The van der Waals surface area contributed by atoms with E-state index in [4.69, 9.17) is 25.8 Å². The van der Waals surface area contributed by atoms with Crippen LogP contribution in [0.3, 0.4) is 0 Å². The molecule has 2 aromatic carbocycles. The van der Waals surface area contributed by atoms with E-state index in [9.17, 15) is 13.2 Å². The van der Waals surface area contributed by atoms with E-state index in [0.29, 0.717) is 42.6 Å². The van der Waals surface area contributed by atoms with Gasteiger partial charge in [0.15, 0.2) is 21.3 Å². The first kappa shape index (κ1) is 22.9. The molecule has 4 rings (SSSR count). The molecule has 0 aromatic heterocycles. The highest BCUT2D eigenvalue weighted by molar-refractivity contribution is 7.92. The largest absolute Gasteiger partial charge is 0.457 e. The third-order valence-corrected chi connectivity index (χ3v) is 8.56. The van der Waals surface area contributed by atoms with Gasteiger partial charge in [-0.1, -0.05) is 5.92 Å². The summed E-state index contributed by atoms with van der Waals surface area (Å²) in [5.41, 5.74) is 1.56. The molecule has 2 aromatic rings. The van der Waals surface area contributed by atoms with Crippen molar-refractivity contribution < 1.29 is 32.6 Å². The molecule has 0 aliphatic carbocycles. The molecule has 0 atom stereocenters. The monoisotopic (exact) mass is 472 g/mol. The second-order valence-electron chi connectivity index (χ2n) is 7.97. The molecule has 1 fully saturated rings. The van der Waals surface area contributed by atoms with Crippen molar-refractivity contribution in [1.82, 2.24) is 10.4 Å². The highest BCUT2D eigenvalue weighted by atomic mass is 32.2. The maximum atomic E-state index is 13.6. The minimum absolute atomic E-state index is 0.0803. The Balaban J connectivity index is 1.55. The van der Waals surface area contributed by atoms with Crippen molar-refractivity contribution in [2.75, 3.05) is 26.4 Å². The number of carbonyl (C=O) groups excluding carboxylic acids is 1. The number of ether oxygens (including phenoxy) is 3. The predicted molar refractivity (Wildman–Crippen MR) is 118 cm³/mol. The molecular formula is C23H24N2O7S. The van der Waals surface area contributed by atoms with Crippen LogP contribution in [0.25, 0.3) is 0 Å². The number of hydrogen-bond acceptors (Lipinski definition) is 8. The summed E-state index contributed by atoms with van der Waals surface area (Å²) in [4.78, 5) is 14.0. The number of amides is 1. The fourth-order valence-electron chi connectivity index (χ4n) is 4.13. The van der Waals surface area contributed by atoms with Crippen molar-refractivity contribution >= 4 is 15.7 Å². The molecule has 174 valence electrons. The number of rotatable bonds is 7. The molecule has 2 aliphatic rings. The minimum Gasteiger partial charge on any atom is -0.457 e. The van der Waals surface area contributed by atoms with E-state index in [1.165, 1.54) is 12.1 Å². The van der Waals surface area contributed by atoms with E-state index < -0.39 is 20.5 Å². The number of benzene rings is 2. The van der Waals surface area contributed by atoms with Crippen LogP contribution >= 0.6 is 0 Å². The van der Waals surface area contributed by atoms with Crippen LogP contribution in [-0.2, 0) is 14.6 Å². The number of sulfone groups is 1. The Hall–Kier alpha value is -3.26. The van der Waals surface area contributed by atoms with Crippen LogP contribution in [0.1, 0.15) is 19.3 Å². The average Bonchev–Trinajstić information content (AvgIpc) is 3.29. The van der Waals surface area contributed by atoms with Gasteiger partial charge in [-0.2, -0.15) is 0 Å². The molecule has 2 aliphatic heterocycles. The number of hydrogen-bond donors (Lipinski definition) is 2. The van der Waals surface area contributed by atoms with Gasteiger partial charge in [0.1, 0.15) is 11.5 Å². The standard InChI is InChI=1S/C23H24N2O7S/c1-2-11-25-12-9-23(10-13-25,15-22(26)24-27)33(28,29)19-6-3-17(4-7-19)32-18-5-8-20-21(14-18)31-16-30-20/h1,3-8,14,27H,9-13,15-16H2,(H,24,26). The number of fused-ring (bicyclic) bond motifs is 1. The first-order valence-corrected chi connectivity index (χ1v) is 11.9. The zero-order valence-electron chi connectivity index (χ0n) is 17.8. The molecule has 0 radical (unpaired) electrons. The topological polar surface area (TPSA) is 114 Å². The number of likely N-dealkylation sites (tertiary alicyclic amines) is 1. The lowest BCUT2D eigenvalue weighted by Crippen LogP contribution is -2.51. The molecule has 1 amide bonds. The first-order chi connectivity index (χ1) is 15.9. The number of nitrogens with one attached hydrogen (secondary N) is 1. The zero-order valence-corrected chi connectivity index (χ0v) is 18.6. The van der Waals surface area contributed by atoms with Crippen LogP contribution in [0.5, 0.6) is 23.0 Å². The van der Waals surface area contributed by atoms with Gasteiger partial charge in [0.25, 0.3) is 0 Å². The molecule has 0 unspecified atom stereocenters. The third-order valence-electron chi connectivity index (χ3n) is 5.97. The molecule has 0 spiro atoms. The van der Waals surface area contributed by atoms with Crippen molar-refractivity contribution in [3.8, 4) is 35.3 Å². The van der Waals surface area contributed by atoms with Gasteiger partial charge in [-0.15, -0.1) is 6.42 Å². The van der Waals surface area contributed by atoms with Gasteiger partial charge in [0.2, 0.25) is 12.7 Å². The Labute approximate surface area is 192 Å². The lowest BCUT2D eigenvalue weighted by atomic mass is 9.92. The molecule has 0 bridgehead atoms. The second kappa shape index (κ2) is 9.31. The molecule has 1 saturated heterocycles. The Bertz CT molecular complexity index is 1160. The SMILES string of the molecule is C#CCN1CCC(CC(=O)NO)(S(=O)(=O)c2ccc(Oc3ccc4c(c3)OCO4)cc2)CC1. The normalized spacial score (nSPS) is 17.2. The van der Waals surface area contributed by atoms with E-state index in [1.54, 1.807) is 35.8 Å². The average molecular weight is 473 g/mol. The summed E-state index contributed by atoms with van der Waals surface area (Å²) in [6.07, 6.45) is 5.47. The number of hydroxylamine groups is 1. The third kappa shape index (κ3) is 4.61. The van der Waals surface area contributed by atoms with Gasteiger partial charge in [0.05, 0.1) is 16.2 Å². The molecular weight excluding hydrogens is 448 g/mol. The van der Waals surface area contributed by atoms with Crippen LogP contribution in [0.4, 0.5) is 0 Å². The summed E-state index contributed by atoms with van der Waals surface area (Å²) >= 11 is 0. The summed E-state index contributed by atoms with van der Waals surface area (Å²) in [5, 5.41) is 9.02. The van der Waals surface area contributed by atoms with Gasteiger partial charge in [-0.25, -0.2) is 13.9 Å². The van der Waals surface area contributed by atoms with Crippen molar-refractivity contribution in [2.24, 2.45) is 0 Å². The summed E-state index contributed by atoms with van der Waals surface area (Å²) < 4.78 is 42.3. The first-order valence-electron chi connectivity index (χ1n) is 10.4. The zero-order chi connectivity index (χ0) is 23.5. The van der Waals surface area contributed by atoms with E-state index in [2.05, 4.69) is 5.92 Å². The van der Waals surface area contributed by atoms with Crippen LogP contribution in [0.2, 0.25) is 0 Å². The lowest BCUT2D eigenvalue weighted by molar-refractivity contribution is -0.130. The van der Waals surface area contributed by atoms with Crippen LogP contribution in [-0.4, -0.2) is 55.6 Å². The van der Waals surface area contributed by atoms with Crippen molar-refractivity contribution in [3.05, 3.63) is 42.5 Å². The minimum atomic E-state index is -3.91. The molecule has 10 heteroatoms. The smallest absolute Gasteiger partial charge is 0.244 e. The molecule has 2 N–H and O–H groups in total. The van der Waals surface area contributed by atoms with E-state index in [1.807, 2.05) is 4.90 Å². The summed E-state index contributed by atoms with van der Waals surface area (Å²) in [6.45, 7) is 1.44. The van der Waals surface area contributed by atoms with E-state index >= 15 is 0 Å². The Morgan fingerprint density at radius 3 is 2.45 bits per heavy atom. The number of terminal acetylenes is 1. The van der Waals surface area contributed by atoms with Gasteiger partial charge in [0, 0.05) is 25.6 Å². The lowest BCUT2D eigenvalue weighted by Gasteiger charge is -2.40. The fraction of sp³-hybridized carbons (Fsp3) is 0.348. The van der Waals surface area contributed by atoms with Crippen molar-refractivity contribution in [1.29, 1.82) is 0 Å². The van der Waals surface area contributed by atoms with E-state index in [0.717, 1.165) is 0 Å². The predicted octanol–water partition coefficient (Wildman–Crippen LogP) is 2.34. The van der Waals surface area contributed by atoms with Gasteiger partial charge < -0.3 is 14.2 Å². The quantitative estimate of drug-likeness (QED) is 0.359. The Morgan fingerprint density at radius 2 is 1.79 bits per heavy atom. The highest BCUT2D eigenvalue weighted by Gasteiger charge is 2.48. The van der Waals surface area contributed by atoms with Crippen LogP contribution in [0.15, 0.2) is 47.4 Å². The van der Waals surface area contributed by atoms with Crippen LogP contribution in [0, 0.1) is 12.3 Å². The van der Waals surface area contributed by atoms with Crippen molar-refractivity contribution in [2.45, 2.75) is 28.9 Å². The number of carbonyl (C=O) groups is 1. The van der Waals surface area contributed by atoms with Crippen molar-refractivity contribution in [3.63, 3.8) is 0 Å². The number of nitrogens with zero attached hydrogens (tertiary/aromatic N) is 1. The van der Waals surface area contributed by atoms with Gasteiger partial charge in [-0.3, -0.25) is 14.9 Å². The Kier molecular flexibility index (Phi) is 6.47. The van der Waals surface area contributed by atoms with E-state index in [-0.39, 0.29) is 31.0 Å². The van der Waals surface area contributed by atoms with Gasteiger partial charge >= 0.3 is 0 Å². The second-order valence-corrected chi connectivity index (χ2v) is 10.3. The summed E-state index contributed by atoms with van der Waals surface area (Å²) in [5.74, 6) is 3.98. The van der Waals surface area contributed by atoms with Gasteiger partial charge in [-0.05, 0) is 49.2 Å².